The number of phenolic OH excluding ortho intramolecular Hbond substituents is 1. The zero-order valence-electron chi connectivity index (χ0n) is 8.46. The zero-order chi connectivity index (χ0) is 10.6. The number of benzene rings is 1. The molecule has 3 heteroatoms. The number of alkyl halides is 1. The van der Waals surface area contributed by atoms with Crippen molar-refractivity contribution in [3.05, 3.63) is 23.8 Å². The lowest BCUT2D eigenvalue weighted by Gasteiger charge is -2.09. The van der Waals surface area contributed by atoms with Gasteiger partial charge in [0.15, 0.2) is 11.5 Å². The van der Waals surface area contributed by atoms with Crippen LogP contribution in [-0.2, 0) is 6.42 Å². The SMILES string of the molecule is CCOc1cc(CC(C)Br)ccc1O. The minimum Gasteiger partial charge on any atom is -0.504 e. The van der Waals surface area contributed by atoms with Gasteiger partial charge in [0, 0.05) is 4.83 Å². The molecule has 0 saturated heterocycles. The van der Waals surface area contributed by atoms with E-state index in [2.05, 4.69) is 22.9 Å². The average molecular weight is 259 g/mol. The first-order chi connectivity index (χ1) is 6.63. The maximum Gasteiger partial charge on any atom is 0.161 e. The molecule has 0 bridgehead atoms. The Balaban J connectivity index is 2.83. The van der Waals surface area contributed by atoms with Crippen LogP contribution in [0.5, 0.6) is 11.5 Å². The van der Waals surface area contributed by atoms with Gasteiger partial charge >= 0.3 is 0 Å². The van der Waals surface area contributed by atoms with Crippen LogP contribution in [0.4, 0.5) is 0 Å². The summed E-state index contributed by atoms with van der Waals surface area (Å²) >= 11 is 3.49. The van der Waals surface area contributed by atoms with Crippen LogP contribution in [0, 0.1) is 0 Å². The van der Waals surface area contributed by atoms with E-state index in [1.807, 2.05) is 19.1 Å². The molecule has 14 heavy (non-hydrogen) atoms. The highest BCUT2D eigenvalue weighted by atomic mass is 79.9. The first-order valence-electron chi connectivity index (χ1n) is 4.72. The van der Waals surface area contributed by atoms with Gasteiger partial charge in [-0.2, -0.15) is 0 Å². The van der Waals surface area contributed by atoms with Crippen LogP contribution in [0.25, 0.3) is 0 Å². The highest BCUT2D eigenvalue weighted by Gasteiger charge is 2.05. The van der Waals surface area contributed by atoms with Gasteiger partial charge in [0.25, 0.3) is 0 Å². The summed E-state index contributed by atoms with van der Waals surface area (Å²) in [6.07, 6.45) is 0.931. The summed E-state index contributed by atoms with van der Waals surface area (Å²) < 4.78 is 5.29. The quantitative estimate of drug-likeness (QED) is 0.842. The van der Waals surface area contributed by atoms with Crippen LogP contribution in [0.3, 0.4) is 0 Å². The standard InChI is InChI=1S/C11H15BrO2/c1-3-14-11-7-9(6-8(2)12)4-5-10(11)13/h4-5,7-8,13H,3,6H2,1-2H3. The molecule has 0 saturated carbocycles. The van der Waals surface area contributed by atoms with Gasteiger partial charge in [0.1, 0.15) is 0 Å². The Kier molecular flexibility index (Phi) is 4.26. The summed E-state index contributed by atoms with van der Waals surface area (Å²) in [7, 11) is 0. The van der Waals surface area contributed by atoms with Crippen LogP contribution in [0.1, 0.15) is 19.4 Å². The molecule has 1 N–H and O–H groups in total. The van der Waals surface area contributed by atoms with E-state index < -0.39 is 0 Å². The molecule has 78 valence electrons. The van der Waals surface area contributed by atoms with Gasteiger partial charge in [-0.3, -0.25) is 0 Å². The number of rotatable bonds is 4. The number of phenols is 1. The van der Waals surface area contributed by atoms with E-state index in [1.165, 1.54) is 0 Å². The molecular formula is C11H15BrO2. The lowest BCUT2D eigenvalue weighted by Crippen LogP contribution is -1.98. The Labute approximate surface area is 93.0 Å². The summed E-state index contributed by atoms with van der Waals surface area (Å²) in [5.74, 6) is 0.774. The molecule has 1 aromatic carbocycles. The van der Waals surface area contributed by atoms with E-state index in [0.29, 0.717) is 17.2 Å². The van der Waals surface area contributed by atoms with Gasteiger partial charge in [0.2, 0.25) is 0 Å². The molecule has 1 aromatic rings. The predicted molar refractivity (Wildman–Crippen MR) is 61.4 cm³/mol. The minimum atomic E-state index is 0.206. The van der Waals surface area contributed by atoms with Crippen molar-refractivity contribution < 1.29 is 9.84 Å². The molecule has 0 fully saturated rings. The van der Waals surface area contributed by atoms with Crippen LogP contribution in [-0.4, -0.2) is 16.5 Å². The molecule has 1 atom stereocenters. The molecule has 0 heterocycles. The van der Waals surface area contributed by atoms with Crippen molar-refractivity contribution in [1.82, 2.24) is 0 Å². The third-order valence-electron chi connectivity index (χ3n) is 1.84. The number of ether oxygens (including phenoxy) is 1. The first kappa shape index (κ1) is 11.4. The second kappa shape index (κ2) is 5.25. The molecule has 0 radical (unpaired) electrons. The number of halogens is 1. The third kappa shape index (κ3) is 3.22. The Morgan fingerprint density at radius 1 is 1.50 bits per heavy atom. The van der Waals surface area contributed by atoms with E-state index in [-0.39, 0.29) is 5.75 Å². The fourth-order valence-electron chi connectivity index (χ4n) is 1.28. The highest BCUT2D eigenvalue weighted by molar-refractivity contribution is 9.09. The molecule has 0 aliphatic carbocycles. The largest absolute Gasteiger partial charge is 0.504 e. The van der Waals surface area contributed by atoms with Gasteiger partial charge in [-0.15, -0.1) is 0 Å². The summed E-state index contributed by atoms with van der Waals surface area (Å²) in [6, 6.07) is 5.47. The summed E-state index contributed by atoms with van der Waals surface area (Å²) in [4.78, 5) is 0.432. The molecule has 0 spiro atoms. The third-order valence-corrected chi connectivity index (χ3v) is 2.16. The molecule has 1 rings (SSSR count). The zero-order valence-corrected chi connectivity index (χ0v) is 10.0. The van der Waals surface area contributed by atoms with Gasteiger partial charge in [0.05, 0.1) is 6.61 Å². The van der Waals surface area contributed by atoms with Crippen molar-refractivity contribution in [2.24, 2.45) is 0 Å². The monoisotopic (exact) mass is 258 g/mol. The van der Waals surface area contributed by atoms with E-state index >= 15 is 0 Å². The second-order valence-electron chi connectivity index (χ2n) is 3.22. The Morgan fingerprint density at radius 2 is 2.21 bits per heavy atom. The fraction of sp³-hybridized carbons (Fsp3) is 0.455. The Hall–Kier alpha value is -0.700. The normalized spacial score (nSPS) is 12.5. The lowest BCUT2D eigenvalue weighted by molar-refractivity contribution is 0.318. The predicted octanol–water partition coefficient (Wildman–Crippen LogP) is 3.12. The van der Waals surface area contributed by atoms with Crippen molar-refractivity contribution in [2.45, 2.75) is 25.1 Å². The minimum absolute atomic E-state index is 0.206. The molecule has 0 aliphatic heterocycles. The van der Waals surface area contributed by atoms with Crippen LogP contribution < -0.4 is 4.74 Å². The van der Waals surface area contributed by atoms with E-state index in [9.17, 15) is 5.11 Å². The van der Waals surface area contributed by atoms with Gasteiger partial charge < -0.3 is 9.84 Å². The Bertz CT molecular complexity index is 297. The molecule has 1 unspecified atom stereocenters. The summed E-state index contributed by atoms with van der Waals surface area (Å²) in [6.45, 7) is 4.56. The van der Waals surface area contributed by atoms with E-state index in [0.717, 1.165) is 12.0 Å². The van der Waals surface area contributed by atoms with Crippen LogP contribution in [0.15, 0.2) is 18.2 Å². The average Bonchev–Trinajstić information content (AvgIpc) is 2.10. The van der Waals surface area contributed by atoms with Gasteiger partial charge in [-0.05, 0) is 31.0 Å². The number of hydrogen-bond donors (Lipinski definition) is 1. The fourth-order valence-corrected chi connectivity index (χ4v) is 1.66. The molecule has 0 amide bonds. The molecule has 0 aromatic heterocycles. The summed E-state index contributed by atoms with van der Waals surface area (Å²) in [5.41, 5.74) is 1.16. The van der Waals surface area contributed by atoms with Crippen LogP contribution in [0.2, 0.25) is 0 Å². The molecule has 2 nitrogen and oxygen atoms in total. The maximum absolute atomic E-state index is 9.46. The van der Waals surface area contributed by atoms with Gasteiger partial charge in [-0.1, -0.05) is 28.9 Å². The topological polar surface area (TPSA) is 29.5 Å². The first-order valence-corrected chi connectivity index (χ1v) is 5.63. The number of hydrogen-bond acceptors (Lipinski definition) is 2. The molecule has 0 aliphatic rings. The highest BCUT2D eigenvalue weighted by Crippen LogP contribution is 2.27. The lowest BCUT2D eigenvalue weighted by atomic mass is 10.1. The molecular weight excluding hydrogens is 244 g/mol. The smallest absolute Gasteiger partial charge is 0.161 e. The summed E-state index contributed by atoms with van der Waals surface area (Å²) in [5, 5.41) is 9.46. The van der Waals surface area contributed by atoms with Crippen molar-refractivity contribution >= 4 is 15.9 Å². The van der Waals surface area contributed by atoms with Crippen molar-refractivity contribution in [3.8, 4) is 11.5 Å². The maximum atomic E-state index is 9.46. The van der Waals surface area contributed by atoms with E-state index in [4.69, 9.17) is 4.74 Å². The van der Waals surface area contributed by atoms with E-state index in [1.54, 1.807) is 6.07 Å². The van der Waals surface area contributed by atoms with Crippen molar-refractivity contribution in [2.75, 3.05) is 6.61 Å². The number of aromatic hydroxyl groups is 1. The van der Waals surface area contributed by atoms with Crippen LogP contribution >= 0.6 is 15.9 Å². The van der Waals surface area contributed by atoms with Gasteiger partial charge in [-0.25, -0.2) is 0 Å². The second-order valence-corrected chi connectivity index (χ2v) is 4.78. The Morgan fingerprint density at radius 3 is 2.79 bits per heavy atom. The van der Waals surface area contributed by atoms with Crippen molar-refractivity contribution in [1.29, 1.82) is 0 Å². The van der Waals surface area contributed by atoms with Crippen molar-refractivity contribution in [3.63, 3.8) is 0 Å².